The summed E-state index contributed by atoms with van der Waals surface area (Å²) in [6, 6.07) is 0. The SMILES string of the molecule is CCC1CCC(c2nc(C(C)CC)cs2)C1. The fourth-order valence-electron chi connectivity index (χ4n) is 2.59. The largest absolute Gasteiger partial charge is 0.246 e. The van der Waals surface area contributed by atoms with Crippen molar-refractivity contribution in [3.8, 4) is 0 Å². The highest BCUT2D eigenvalue weighted by molar-refractivity contribution is 7.09. The topological polar surface area (TPSA) is 12.9 Å². The molecule has 0 N–H and O–H groups in total. The number of thiazole rings is 1. The monoisotopic (exact) mass is 237 g/mol. The first-order valence-corrected chi connectivity index (χ1v) is 7.57. The third kappa shape index (κ3) is 2.48. The van der Waals surface area contributed by atoms with Gasteiger partial charge in [0.25, 0.3) is 0 Å². The molecule has 0 aromatic carbocycles. The summed E-state index contributed by atoms with van der Waals surface area (Å²) < 4.78 is 0. The maximum Gasteiger partial charge on any atom is 0.0959 e. The van der Waals surface area contributed by atoms with Crippen molar-refractivity contribution < 1.29 is 0 Å². The zero-order valence-electron chi connectivity index (χ0n) is 10.7. The van der Waals surface area contributed by atoms with Crippen molar-refractivity contribution in [2.24, 2.45) is 5.92 Å². The average molecular weight is 237 g/mol. The fraction of sp³-hybridized carbons (Fsp3) is 0.786. The van der Waals surface area contributed by atoms with Gasteiger partial charge in [-0.05, 0) is 37.5 Å². The minimum Gasteiger partial charge on any atom is -0.246 e. The van der Waals surface area contributed by atoms with Crippen LogP contribution in [0, 0.1) is 5.92 Å². The summed E-state index contributed by atoms with van der Waals surface area (Å²) in [4.78, 5) is 4.85. The molecule has 1 nitrogen and oxygen atoms in total. The second-order valence-electron chi connectivity index (χ2n) is 5.20. The van der Waals surface area contributed by atoms with Gasteiger partial charge in [0.1, 0.15) is 0 Å². The quantitative estimate of drug-likeness (QED) is 0.722. The van der Waals surface area contributed by atoms with E-state index in [0.717, 1.165) is 11.8 Å². The van der Waals surface area contributed by atoms with Crippen molar-refractivity contribution in [2.75, 3.05) is 0 Å². The molecule has 1 aliphatic carbocycles. The molecule has 1 aliphatic rings. The summed E-state index contributed by atoms with van der Waals surface area (Å²) in [6.07, 6.45) is 6.71. The molecule has 3 unspecified atom stereocenters. The molecule has 16 heavy (non-hydrogen) atoms. The van der Waals surface area contributed by atoms with E-state index in [1.807, 2.05) is 11.3 Å². The standard InChI is InChI=1S/C14H23NS/c1-4-10(3)13-9-16-14(15-13)12-7-6-11(5-2)8-12/h9-12H,4-8H2,1-3H3. The first-order chi connectivity index (χ1) is 7.74. The number of rotatable bonds is 4. The van der Waals surface area contributed by atoms with Crippen LogP contribution >= 0.6 is 11.3 Å². The van der Waals surface area contributed by atoms with Crippen LogP contribution in [0.4, 0.5) is 0 Å². The molecule has 3 atom stereocenters. The Morgan fingerprint density at radius 1 is 1.44 bits per heavy atom. The summed E-state index contributed by atoms with van der Waals surface area (Å²) in [5, 5.41) is 3.69. The van der Waals surface area contributed by atoms with Crippen LogP contribution in [0.1, 0.15) is 75.4 Å². The zero-order valence-corrected chi connectivity index (χ0v) is 11.5. The first kappa shape index (κ1) is 12.1. The van der Waals surface area contributed by atoms with Gasteiger partial charge in [-0.15, -0.1) is 11.3 Å². The van der Waals surface area contributed by atoms with E-state index in [-0.39, 0.29) is 0 Å². The smallest absolute Gasteiger partial charge is 0.0959 e. The molecule has 90 valence electrons. The average Bonchev–Trinajstić information content (AvgIpc) is 2.95. The van der Waals surface area contributed by atoms with E-state index in [1.165, 1.54) is 42.8 Å². The van der Waals surface area contributed by atoms with E-state index in [4.69, 9.17) is 4.98 Å². The Morgan fingerprint density at radius 2 is 2.25 bits per heavy atom. The van der Waals surface area contributed by atoms with Gasteiger partial charge in [0.15, 0.2) is 0 Å². The lowest BCUT2D eigenvalue weighted by atomic mass is 10.0. The van der Waals surface area contributed by atoms with Gasteiger partial charge in [-0.1, -0.05) is 27.2 Å². The minimum absolute atomic E-state index is 0.633. The van der Waals surface area contributed by atoms with Gasteiger partial charge in [-0.3, -0.25) is 0 Å². The van der Waals surface area contributed by atoms with Gasteiger partial charge in [0.05, 0.1) is 10.7 Å². The Kier molecular flexibility index (Phi) is 4.01. The maximum atomic E-state index is 4.85. The number of aromatic nitrogens is 1. The van der Waals surface area contributed by atoms with Crippen molar-refractivity contribution in [3.63, 3.8) is 0 Å². The molecule has 1 fully saturated rings. The van der Waals surface area contributed by atoms with Gasteiger partial charge in [-0.25, -0.2) is 4.98 Å². The molecule has 1 aromatic heterocycles. The van der Waals surface area contributed by atoms with Crippen LogP contribution < -0.4 is 0 Å². The van der Waals surface area contributed by atoms with Crippen molar-refractivity contribution >= 4 is 11.3 Å². The summed E-state index contributed by atoms with van der Waals surface area (Å²) in [6.45, 7) is 6.84. The summed E-state index contributed by atoms with van der Waals surface area (Å²) in [5.74, 6) is 2.36. The Morgan fingerprint density at radius 3 is 2.88 bits per heavy atom. The van der Waals surface area contributed by atoms with Gasteiger partial charge in [-0.2, -0.15) is 0 Å². The summed E-state index contributed by atoms with van der Waals surface area (Å²) in [7, 11) is 0. The van der Waals surface area contributed by atoms with Crippen LogP contribution in [-0.4, -0.2) is 4.98 Å². The summed E-state index contributed by atoms with van der Waals surface area (Å²) >= 11 is 1.89. The van der Waals surface area contributed by atoms with E-state index in [1.54, 1.807) is 0 Å². The Labute approximate surface area is 103 Å². The lowest BCUT2D eigenvalue weighted by molar-refractivity contribution is 0.520. The fourth-order valence-corrected chi connectivity index (χ4v) is 3.68. The second kappa shape index (κ2) is 5.31. The lowest BCUT2D eigenvalue weighted by Crippen LogP contribution is -1.96. The van der Waals surface area contributed by atoms with Crippen LogP contribution in [0.5, 0.6) is 0 Å². The molecule has 0 amide bonds. The van der Waals surface area contributed by atoms with E-state index in [9.17, 15) is 0 Å². The first-order valence-electron chi connectivity index (χ1n) is 6.69. The molecular formula is C14H23NS. The Bertz CT molecular complexity index is 331. The summed E-state index contributed by atoms with van der Waals surface area (Å²) in [5.41, 5.74) is 1.32. The maximum absolute atomic E-state index is 4.85. The van der Waals surface area contributed by atoms with Crippen molar-refractivity contribution in [1.82, 2.24) is 4.98 Å². The highest BCUT2D eigenvalue weighted by Crippen LogP contribution is 2.41. The number of nitrogens with zero attached hydrogens (tertiary/aromatic N) is 1. The normalized spacial score (nSPS) is 27.2. The molecule has 2 heteroatoms. The number of hydrogen-bond donors (Lipinski definition) is 0. The molecule has 0 bridgehead atoms. The predicted octanol–water partition coefficient (Wildman–Crippen LogP) is 4.95. The van der Waals surface area contributed by atoms with Crippen LogP contribution in [0.25, 0.3) is 0 Å². The van der Waals surface area contributed by atoms with E-state index < -0.39 is 0 Å². The third-order valence-electron chi connectivity index (χ3n) is 4.12. The highest BCUT2D eigenvalue weighted by Gasteiger charge is 2.27. The second-order valence-corrected chi connectivity index (χ2v) is 6.09. The van der Waals surface area contributed by atoms with Crippen LogP contribution in [0.3, 0.4) is 0 Å². The van der Waals surface area contributed by atoms with E-state index >= 15 is 0 Å². The van der Waals surface area contributed by atoms with Gasteiger partial charge >= 0.3 is 0 Å². The van der Waals surface area contributed by atoms with Crippen LogP contribution in [0.2, 0.25) is 0 Å². The predicted molar refractivity (Wildman–Crippen MR) is 71.2 cm³/mol. The van der Waals surface area contributed by atoms with Crippen LogP contribution in [0.15, 0.2) is 5.38 Å². The molecule has 0 aliphatic heterocycles. The molecule has 0 radical (unpaired) electrons. The van der Waals surface area contributed by atoms with Gasteiger partial charge in [0.2, 0.25) is 0 Å². The molecule has 0 spiro atoms. The van der Waals surface area contributed by atoms with Gasteiger partial charge in [0, 0.05) is 11.3 Å². The van der Waals surface area contributed by atoms with Crippen LogP contribution in [-0.2, 0) is 0 Å². The lowest BCUT2D eigenvalue weighted by Gasteiger charge is -2.07. The van der Waals surface area contributed by atoms with E-state index in [0.29, 0.717) is 5.92 Å². The molecule has 2 rings (SSSR count). The number of hydrogen-bond acceptors (Lipinski definition) is 2. The van der Waals surface area contributed by atoms with Crippen molar-refractivity contribution in [1.29, 1.82) is 0 Å². The Balaban J connectivity index is 2.02. The molecule has 1 aromatic rings. The molecular weight excluding hydrogens is 214 g/mol. The zero-order chi connectivity index (χ0) is 11.5. The Hall–Kier alpha value is -0.370. The molecule has 1 saturated carbocycles. The minimum atomic E-state index is 0.633. The highest BCUT2D eigenvalue weighted by atomic mass is 32.1. The van der Waals surface area contributed by atoms with Crippen molar-refractivity contribution in [3.05, 3.63) is 16.1 Å². The third-order valence-corrected chi connectivity index (χ3v) is 5.15. The van der Waals surface area contributed by atoms with Crippen molar-refractivity contribution in [2.45, 2.75) is 64.7 Å². The van der Waals surface area contributed by atoms with Gasteiger partial charge < -0.3 is 0 Å². The molecule has 0 saturated heterocycles. The van der Waals surface area contributed by atoms with E-state index in [2.05, 4.69) is 26.2 Å². The molecule has 1 heterocycles.